The summed E-state index contributed by atoms with van der Waals surface area (Å²) in [6, 6.07) is 21.7. The van der Waals surface area contributed by atoms with Crippen molar-refractivity contribution in [2.75, 3.05) is 13.2 Å². The largest absolute Gasteiger partial charge is 0.371 e. The summed E-state index contributed by atoms with van der Waals surface area (Å²) in [5, 5.41) is 0. The molecule has 2 aliphatic rings. The van der Waals surface area contributed by atoms with Crippen LogP contribution in [0, 0.1) is 0 Å². The van der Waals surface area contributed by atoms with Crippen molar-refractivity contribution in [3.05, 3.63) is 71.8 Å². The van der Waals surface area contributed by atoms with Gasteiger partial charge in [-0.25, -0.2) is 0 Å². The number of hydrogen-bond donors (Lipinski definition) is 0. The lowest BCUT2D eigenvalue weighted by Crippen LogP contribution is -2.42. The van der Waals surface area contributed by atoms with Gasteiger partial charge in [-0.3, -0.25) is 4.90 Å². The smallest absolute Gasteiger partial charge is 0.0991 e. The standard InChI is InChI=1S/C19H21NO2/c1-3-7-15(8-4-1)11-20(12-16-9-5-2-6-10-16)19(17-13-21-17)18-14-22-18/h1-10,17-19H,11-14H2/t17-,18-/m0/s1. The normalized spacial score (nSPS) is 23.0. The van der Waals surface area contributed by atoms with Crippen LogP contribution < -0.4 is 0 Å². The van der Waals surface area contributed by atoms with Gasteiger partial charge in [0, 0.05) is 13.1 Å². The van der Waals surface area contributed by atoms with E-state index in [9.17, 15) is 0 Å². The van der Waals surface area contributed by atoms with Gasteiger partial charge in [-0.1, -0.05) is 60.7 Å². The van der Waals surface area contributed by atoms with E-state index >= 15 is 0 Å². The quantitative estimate of drug-likeness (QED) is 0.735. The third kappa shape index (κ3) is 3.38. The van der Waals surface area contributed by atoms with E-state index in [0.29, 0.717) is 18.2 Å². The minimum Gasteiger partial charge on any atom is -0.371 e. The molecule has 3 nitrogen and oxygen atoms in total. The van der Waals surface area contributed by atoms with Gasteiger partial charge in [0.15, 0.2) is 0 Å². The Bertz CT molecular complexity index is 540. The molecule has 3 heteroatoms. The lowest BCUT2D eigenvalue weighted by Gasteiger charge is -2.30. The Morgan fingerprint density at radius 3 is 1.55 bits per heavy atom. The van der Waals surface area contributed by atoms with E-state index in [1.54, 1.807) is 0 Å². The molecule has 2 atom stereocenters. The van der Waals surface area contributed by atoms with E-state index in [2.05, 4.69) is 65.6 Å². The summed E-state index contributed by atoms with van der Waals surface area (Å²) in [6.07, 6.45) is 0.667. The van der Waals surface area contributed by atoms with E-state index in [1.807, 2.05) is 0 Å². The predicted octanol–water partition coefficient (Wildman–Crippen LogP) is 2.86. The highest BCUT2D eigenvalue weighted by Crippen LogP contribution is 2.31. The van der Waals surface area contributed by atoms with E-state index in [1.165, 1.54) is 11.1 Å². The topological polar surface area (TPSA) is 28.3 Å². The maximum absolute atomic E-state index is 5.61. The molecular formula is C19H21NO2. The lowest BCUT2D eigenvalue weighted by atomic mass is 10.1. The first-order chi connectivity index (χ1) is 10.9. The lowest BCUT2D eigenvalue weighted by molar-refractivity contribution is 0.117. The summed E-state index contributed by atoms with van der Waals surface area (Å²) in [5.74, 6) is 0. The van der Waals surface area contributed by atoms with Crippen LogP contribution in [0.2, 0.25) is 0 Å². The van der Waals surface area contributed by atoms with E-state index < -0.39 is 0 Å². The Kier molecular flexibility index (Phi) is 3.94. The van der Waals surface area contributed by atoms with Crippen LogP contribution >= 0.6 is 0 Å². The van der Waals surface area contributed by atoms with E-state index in [-0.39, 0.29) is 0 Å². The molecule has 0 N–H and O–H groups in total. The molecule has 0 bridgehead atoms. The molecular weight excluding hydrogens is 274 g/mol. The van der Waals surface area contributed by atoms with Crippen molar-refractivity contribution in [1.82, 2.24) is 4.90 Å². The van der Waals surface area contributed by atoms with E-state index in [0.717, 1.165) is 26.3 Å². The van der Waals surface area contributed by atoms with Crippen LogP contribution in [0.4, 0.5) is 0 Å². The average molecular weight is 295 g/mol. The SMILES string of the molecule is c1ccc(CN(Cc2ccccc2)C([C@@H]2CO2)[C@@H]2CO2)cc1. The number of hydrogen-bond acceptors (Lipinski definition) is 3. The van der Waals surface area contributed by atoms with Crippen LogP contribution in [0.5, 0.6) is 0 Å². The van der Waals surface area contributed by atoms with Crippen molar-refractivity contribution in [2.45, 2.75) is 31.3 Å². The van der Waals surface area contributed by atoms with Gasteiger partial charge in [0.1, 0.15) is 0 Å². The maximum atomic E-state index is 5.61. The summed E-state index contributed by atoms with van der Waals surface area (Å²) >= 11 is 0. The third-order valence-electron chi connectivity index (χ3n) is 4.36. The second-order valence-electron chi connectivity index (χ2n) is 6.11. The highest BCUT2D eigenvalue weighted by Gasteiger charge is 2.47. The molecule has 22 heavy (non-hydrogen) atoms. The molecule has 0 unspecified atom stereocenters. The number of epoxide rings is 2. The monoisotopic (exact) mass is 295 g/mol. The Balaban J connectivity index is 1.56. The number of rotatable bonds is 7. The second-order valence-corrected chi connectivity index (χ2v) is 6.11. The molecule has 2 saturated heterocycles. The van der Waals surface area contributed by atoms with Crippen molar-refractivity contribution < 1.29 is 9.47 Å². The van der Waals surface area contributed by atoms with Crippen LogP contribution in [-0.4, -0.2) is 36.4 Å². The summed E-state index contributed by atoms with van der Waals surface area (Å²) in [4.78, 5) is 2.51. The third-order valence-corrected chi connectivity index (χ3v) is 4.36. The van der Waals surface area contributed by atoms with Gasteiger partial charge in [0.05, 0.1) is 31.5 Å². The maximum Gasteiger partial charge on any atom is 0.0991 e. The Morgan fingerprint density at radius 1 is 0.773 bits per heavy atom. The molecule has 0 saturated carbocycles. The van der Waals surface area contributed by atoms with Crippen LogP contribution in [0.15, 0.2) is 60.7 Å². The van der Waals surface area contributed by atoms with Gasteiger partial charge < -0.3 is 9.47 Å². The fraction of sp³-hybridized carbons (Fsp3) is 0.368. The first kappa shape index (κ1) is 13.9. The van der Waals surface area contributed by atoms with Gasteiger partial charge in [-0.15, -0.1) is 0 Å². The number of ether oxygens (including phenoxy) is 2. The van der Waals surface area contributed by atoms with Gasteiger partial charge in [0.2, 0.25) is 0 Å². The molecule has 0 aliphatic carbocycles. The zero-order valence-corrected chi connectivity index (χ0v) is 12.6. The molecule has 2 heterocycles. The molecule has 114 valence electrons. The summed E-state index contributed by atoms with van der Waals surface area (Å²) in [5.41, 5.74) is 2.68. The first-order valence-corrected chi connectivity index (χ1v) is 7.95. The van der Waals surface area contributed by atoms with Crippen LogP contribution in [0.3, 0.4) is 0 Å². The van der Waals surface area contributed by atoms with Crippen LogP contribution in [0.1, 0.15) is 11.1 Å². The van der Waals surface area contributed by atoms with Crippen molar-refractivity contribution in [1.29, 1.82) is 0 Å². The van der Waals surface area contributed by atoms with Crippen LogP contribution in [-0.2, 0) is 22.6 Å². The number of nitrogens with zero attached hydrogens (tertiary/aromatic N) is 1. The summed E-state index contributed by atoms with van der Waals surface area (Å²) in [7, 11) is 0. The van der Waals surface area contributed by atoms with Crippen LogP contribution in [0.25, 0.3) is 0 Å². The molecule has 2 aromatic rings. The van der Waals surface area contributed by atoms with Crippen molar-refractivity contribution in [3.63, 3.8) is 0 Å². The zero-order chi connectivity index (χ0) is 14.8. The highest BCUT2D eigenvalue weighted by molar-refractivity contribution is 5.18. The molecule has 0 spiro atoms. The Morgan fingerprint density at radius 2 is 1.18 bits per heavy atom. The van der Waals surface area contributed by atoms with E-state index in [4.69, 9.17) is 9.47 Å². The summed E-state index contributed by atoms with van der Waals surface area (Å²) < 4.78 is 11.2. The molecule has 0 radical (unpaired) electrons. The summed E-state index contributed by atoms with van der Waals surface area (Å²) in [6.45, 7) is 3.59. The number of benzene rings is 2. The Labute approximate surface area is 131 Å². The molecule has 2 aromatic carbocycles. The predicted molar refractivity (Wildman–Crippen MR) is 85.4 cm³/mol. The van der Waals surface area contributed by atoms with Crippen molar-refractivity contribution in [3.8, 4) is 0 Å². The Hall–Kier alpha value is -1.68. The van der Waals surface area contributed by atoms with Gasteiger partial charge in [0.25, 0.3) is 0 Å². The molecule has 0 amide bonds. The minimum absolute atomic E-state index is 0.333. The first-order valence-electron chi connectivity index (χ1n) is 7.95. The minimum atomic E-state index is 0.333. The molecule has 0 aromatic heterocycles. The zero-order valence-electron chi connectivity index (χ0n) is 12.6. The average Bonchev–Trinajstić information content (AvgIpc) is 3.45. The molecule has 4 rings (SSSR count). The van der Waals surface area contributed by atoms with Gasteiger partial charge in [-0.2, -0.15) is 0 Å². The van der Waals surface area contributed by atoms with Crippen molar-refractivity contribution >= 4 is 0 Å². The molecule has 2 aliphatic heterocycles. The fourth-order valence-electron chi connectivity index (χ4n) is 3.12. The highest BCUT2D eigenvalue weighted by atomic mass is 16.6. The fourth-order valence-corrected chi connectivity index (χ4v) is 3.12. The van der Waals surface area contributed by atoms with Gasteiger partial charge >= 0.3 is 0 Å². The van der Waals surface area contributed by atoms with Gasteiger partial charge in [-0.05, 0) is 11.1 Å². The molecule has 2 fully saturated rings. The van der Waals surface area contributed by atoms with Crippen molar-refractivity contribution in [2.24, 2.45) is 0 Å². The second kappa shape index (κ2) is 6.21.